The molecule has 0 amide bonds. The maximum atomic E-state index is 12.8. The van der Waals surface area contributed by atoms with Crippen LogP contribution >= 0.6 is 0 Å². The van der Waals surface area contributed by atoms with Crippen LogP contribution in [0.5, 0.6) is 0 Å². The van der Waals surface area contributed by atoms with Gasteiger partial charge in [-0.2, -0.15) is 8.78 Å². The summed E-state index contributed by atoms with van der Waals surface area (Å²) >= 11 is 0. The second-order valence-corrected chi connectivity index (χ2v) is 6.90. The normalized spacial score (nSPS) is 29.1. The third-order valence-electron chi connectivity index (χ3n) is 4.08. The fourth-order valence-corrected chi connectivity index (χ4v) is 3.34. The monoisotopic (exact) mass is 320 g/mol. The van der Waals surface area contributed by atoms with Crippen LogP contribution in [-0.2, 0) is 19.6 Å². The molecule has 2 aliphatic carbocycles. The topological polar surface area (TPSA) is 83.5 Å². The van der Waals surface area contributed by atoms with E-state index in [4.69, 9.17) is 0 Å². The molecule has 0 heterocycles. The van der Waals surface area contributed by atoms with Gasteiger partial charge in [-0.3, -0.25) is 4.79 Å². The molecule has 0 radical (unpaired) electrons. The van der Waals surface area contributed by atoms with Gasteiger partial charge in [0.15, 0.2) is 16.7 Å². The van der Waals surface area contributed by atoms with E-state index in [2.05, 4.69) is 4.74 Å². The van der Waals surface area contributed by atoms with Gasteiger partial charge in [-0.15, -0.1) is 0 Å². The molecule has 0 spiro atoms. The number of carbonyl (C=O) groups excluding carboxylic acids is 1. The second-order valence-electron chi connectivity index (χ2n) is 5.39. The smallest absolute Gasteiger partial charge is 0.743 e. The van der Waals surface area contributed by atoms with E-state index in [9.17, 15) is 26.5 Å². The molecule has 0 aliphatic heterocycles. The molecule has 2 saturated carbocycles. The Morgan fingerprint density at radius 3 is 2.40 bits per heavy atom. The fourth-order valence-electron chi connectivity index (χ4n) is 3.14. The number of hydrogen-bond acceptors (Lipinski definition) is 5. The number of rotatable bonds is 5. The average molecular weight is 320 g/mol. The van der Waals surface area contributed by atoms with Crippen LogP contribution in [0.4, 0.5) is 8.78 Å². The molecule has 0 N–H and O–H groups in total. The molecule has 0 aromatic rings. The summed E-state index contributed by atoms with van der Waals surface area (Å²) in [5.41, 5.74) is 0. The third kappa shape index (κ3) is 4.13. The molecule has 0 aromatic heterocycles. The Morgan fingerprint density at radius 2 is 1.95 bits per heavy atom. The number of hydrogen-bond donors (Lipinski definition) is 0. The van der Waals surface area contributed by atoms with Gasteiger partial charge in [0.1, 0.15) is 0 Å². The standard InChI is InChI=1S/C11H16F2O5S.Na/c12-11(13,19(15,16)17)6-18-10(14)5-9-4-7-1-2-8(9)3-7;/h7-9H,1-6H2,(H,15,16,17);/q;+1/p-1. The van der Waals surface area contributed by atoms with Gasteiger partial charge in [0, 0.05) is 6.42 Å². The number of carbonyl (C=O) groups is 1. The second kappa shape index (κ2) is 6.56. The summed E-state index contributed by atoms with van der Waals surface area (Å²) in [5, 5.41) is -4.56. The first-order chi connectivity index (χ1) is 8.69. The Bertz CT molecular complexity index is 467. The molecule has 2 rings (SSSR count). The van der Waals surface area contributed by atoms with Crippen molar-refractivity contribution >= 4 is 16.1 Å². The van der Waals surface area contributed by atoms with Gasteiger partial charge >= 0.3 is 40.8 Å². The van der Waals surface area contributed by atoms with Gasteiger partial charge in [0.05, 0.1) is 0 Å². The van der Waals surface area contributed by atoms with Crippen molar-refractivity contribution in [2.45, 2.75) is 37.4 Å². The first-order valence-electron chi connectivity index (χ1n) is 6.18. The van der Waals surface area contributed by atoms with Crippen LogP contribution in [-0.4, -0.2) is 30.8 Å². The van der Waals surface area contributed by atoms with Crippen molar-refractivity contribution < 1.29 is 60.8 Å². The first-order valence-corrected chi connectivity index (χ1v) is 7.59. The molecule has 2 fully saturated rings. The number of ether oxygens (including phenoxy) is 1. The van der Waals surface area contributed by atoms with E-state index < -0.39 is 27.9 Å². The van der Waals surface area contributed by atoms with Crippen molar-refractivity contribution in [1.29, 1.82) is 0 Å². The van der Waals surface area contributed by atoms with Crippen LogP contribution in [0.15, 0.2) is 0 Å². The molecule has 2 aliphatic rings. The fraction of sp³-hybridized carbons (Fsp3) is 0.909. The SMILES string of the molecule is O=C(CC1CC2CCC1C2)OCC(F)(F)S(=O)(=O)[O-].[Na+]. The summed E-state index contributed by atoms with van der Waals surface area (Å²) < 4.78 is 60.4. The Hall–Kier alpha value is 0.240. The Balaban J connectivity index is 0.00000200. The van der Waals surface area contributed by atoms with Crippen molar-refractivity contribution in [3.05, 3.63) is 0 Å². The van der Waals surface area contributed by atoms with Crippen molar-refractivity contribution in [2.75, 3.05) is 6.61 Å². The predicted molar refractivity (Wildman–Crippen MR) is 59.2 cm³/mol. The molecule has 2 bridgehead atoms. The summed E-state index contributed by atoms with van der Waals surface area (Å²) in [5.74, 6) is 0.345. The Morgan fingerprint density at radius 1 is 1.30 bits per heavy atom. The van der Waals surface area contributed by atoms with Crippen LogP contribution in [0.1, 0.15) is 32.1 Å². The minimum atomic E-state index is -5.79. The number of esters is 1. The molecule has 3 unspecified atom stereocenters. The molecule has 20 heavy (non-hydrogen) atoms. The van der Waals surface area contributed by atoms with Crippen molar-refractivity contribution in [3.63, 3.8) is 0 Å². The zero-order valence-corrected chi connectivity index (χ0v) is 14.0. The molecule has 9 heteroatoms. The van der Waals surface area contributed by atoms with Gasteiger partial charge < -0.3 is 9.29 Å². The third-order valence-corrected chi connectivity index (χ3v) is 4.93. The zero-order valence-electron chi connectivity index (χ0n) is 11.2. The van der Waals surface area contributed by atoms with E-state index >= 15 is 0 Å². The maximum absolute atomic E-state index is 12.8. The maximum Gasteiger partial charge on any atom is 1.00 e. The minimum Gasteiger partial charge on any atom is -0.743 e. The Labute approximate surface area is 138 Å². The molecule has 3 atom stereocenters. The summed E-state index contributed by atoms with van der Waals surface area (Å²) in [4.78, 5) is 11.4. The largest absolute Gasteiger partial charge is 1.00 e. The van der Waals surface area contributed by atoms with E-state index in [0.717, 1.165) is 25.7 Å². The zero-order chi connectivity index (χ0) is 14.3. The van der Waals surface area contributed by atoms with E-state index in [0.29, 0.717) is 11.8 Å². The van der Waals surface area contributed by atoms with Crippen LogP contribution < -0.4 is 29.6 Å². The van der Waals surface area contributed by atoms with Gasteiger partial charge in [-0.05, 0) is 37.0 Å². The quantitative estimate of drug-likeness (QED) is 0.350. The van der Waals surface area contributed by atoms with E-state index in [1.165, 1.54) is 0 Å². The van der Waals surface area contributed by atoms with Gasteiger partial charge in [0.25, 0.3) is 0 Å². The van der Waals surface area contributed by atoms with E-state index in [1.54, 1.807) is 0 Å². The van der Waals surface area contributed by atoms with Gasteiger partial charge in [-0.1, -0.05) is 6.42 Å². The summed E-state index contributed by atoms with van der Waals surface area (Å²) in [7, 11) is -5.79. The molecular weight excluding hydrogens is 305 g/mol. The molecule has 0 aromatic carbocycles. The van der Waals surface area contributed by atoms with Crippen molar-refractivity contribution in [1.82, 2.24) is 0 Å². The van der Waals surface area contributed by atoms with Gasteiger partial charge in [-0.25, -0.2) is 8.42 Å². The predicted octanol–water partition coefficient (Wildman–Crippen LogP) is -1.50. The van der Waals surface area contributed by atoms with Crippen molar-refractivity contribution in [3.8, 4) is 0 Å². The van der Waals surface area contributed by atoms with Gasteiger partial charge in [0.2, 0.25) is 0 Å². The molecule has 0 saturated heterocycles. The Kier molecular flexibility index (Phi) is 6.00. The number of halogens is 2. The van der Waals surface area contributed by atoms with E-state index in [1.807, 2.05) is 0 Å². The molecule has 110 valence electrons. The minimum absolute atomic E-state index is 0. The number of fused-ring (bicyclic) bond motifs is 2. The molecule has 5 nitrogen and oxygen atoms in total. The van der Waals surface area contributed by atoms with Crippen LogP contribution in [0.2, 0.25) is 0 Å². The first kappa shape index (κ1) is 18.3. The average Bonchev–Trinajstić information content (AvgIpc) is 2.86. The summed E-state index contributed by atoms with van der Waals surface area (Å²) in [6.45, 7) is -1.70. The molecular formula is C11H15F2NaO5S. The van der Waals surface area contributed by atoms with Crippen LogP contribution in [0.25, 0.3) is 0 Å². The van der Waals surface area contributed by atoms with Crippen LogP contribution in [0, 0.1) is 17.8 Å². The summed E-state index contributed by atoms with van der Waals surface area (Å²) in [6, 6.07) is 0. The van der Waals surface area contributed by atoms with Crippen molar-refractivity contribution in [2.24, 2.45) is 17.8 Å². The van der Waals surface area contributed by atoms with E-state index in [-0.39, 0.29) is 41.9 Å². The number of alkyl halides is 2. The summed E-state index contributed by atoms with van der Waals surface area (Å²) in [6.07, 6.45) is 4.20. The van der Waals surface area contributed by atoms with Crippen LogP contribution in [0.3, 0.4) is 0 Å².